The lowest BCUT2D eigenvalue weighted by Gasteiger charge is -2.44. The van der Waals surface area contributed by atoms with Gasteiger partial charge in [-0.1, -0.05) is 43.3 Å². The first-order valence-corrected chi connectivity index (χ1v) is 15.8. The first-order chi connectivity index (χ1) is 22.0. The van der Waals surface area contributed by atoms with Gasteiger partial charge >= 0.3 is 12.1 Å². The summed E-state index contributed by atoms with van der Waals surface area (Å²) < 4.78 is 64.3. The number of aliphatic hydroxyl groups excluding tert-OH is 1. The molecule has 13 heteroatoms. The SMILES string of the molecule is CC1C(CN2CCC3(CC2)OCCO3)OC(c2cccc(NC(=O)C3CCCN3C(=O)C(F)(F)F)c2)OC1c1ccc(CO)cc1. The Balaban J connectivity index is 1.19. The summed E-state index contributed by atoms with van der Waals surface area (Å²) in [7, 11) is 0. The molecule has 0 saturated carbocycles. The lowest BCUT2D eigenvalue weighted by molar-refractivity contribution is -0.278. The van der Waals surface area contributed by atoms with Crippen molar-refractivity contribution in [2.75, 3.05) is 44.7 Å². The molecule has 10 nitrogen and oxygen atoms in total. The van der Waals surface area contributed by atoms with E-state index in [1.54, 1.807) is 18.2 Å². The van der Waals surface area contributed by atoms with Gasteiger partial charge in [-0.05, 0) is 36.1 Å². The number of hydrogen-bond donors (Lipinski definition) is 2. The molecule has 2 amide bonds. The number of alkyl halides is 3. The molecule has 5 unspecified atom stereocenters. The van der Waals surface area contributed by atoms with Crippen molar-refractivity contribution in [3.63, 3.8) is 0 Å². The highest BCUT2D eigenvalue weighted by Gasteiger charge is 2.48. The predicted octanol–water partition coefficient (Wildman–Crippen LogP) is 4.30. The molecular weight excluding hydrogens is 607 g/mol. The Bertz CT molecular complexity index is 1380. The largest absolute Gasteiger partial charge is 0.471 e. The normalized spacial score (nSPS) is 28.5. The second-order valence-electron chi connectivity index (χ2n) is 12.5. The predicted molar refractivity (Wildman–Crippen MR) is 159 cm³/mol. The summed E-state index contributed by atoms with van der Waals surface area (Å²) in [4.78, 5) is 27.9. The Morgan fingerprint density at radius 2 is 1.72 bits per heavy atom. The van der Waals surface area contributed by atoms with Gasteiger partial charge in [0.15, 0.2) is 12.1 Å². The van der Waals surface area contributed by atoms with Gasteiger partial charge in [-0.2, -0.15) is 13.2 Å². The lowest BCUT2D eigenvalue weighted by atomic mass is 9.89. The van der Waals surface area contributed by atoms with Gasteiger partial charge in [0.05, 0.1) is 32.0 Å². The number of nitrogens with zero attached hydrogens (tertiary/aromatic N) is 2. The molecule has 4 heterocycles. The first kappa shape index (κ1) is 32.9. The van der Waals surface area contributed by atoms with E-state index < -0.39 is 36.1 Å². The minimum Gasteiger partial charge on any atom is -0.392 e. The Morgan fingerprint density at radius 3 is 2.39 bits per heavy atom. The summed E-state index contributed by atoms with van der Waals surface area (Å²) >= 11 is 0. The standard InChI is InChI=1S/C33H40F3N3O7/c1-21-27(19-38-14-11-32(12-15-38)43-16-17-44-32)45-30(46-28(21)23-9-7-22(20-40)8-10-23)24-4-2-5-25(18-24)37-29(41)26-6-3-13-39(26)31(42)33(34,35)36/h2,4-5,7-10,18,21,26-28,30,40H,3,6,11-17,19-20H2,1H3,(H,37,41). The van der Waals surface area contributed by atoms with Gasteiger partial charge in [-0.3, -0.25) is 9.59 Å². The van der Waals surface area contributed by atoms with E-state index in [0.29, 0.717) is 42.3 Å². The molecule has 4 fully saturated rings. The van der Waals surface area contributed by atoms with Crippen molar-refractivity contribution < 1.29 is 46.8 Å². The van der Waals surface area contributed by atoms with Crippen molar-refractivity contribution in [2.24, 2.45) is 5.92 Å². The van der Waals surface area contributed by atoms with E-state index in [1.807, 2.05) is 30.3 Å². The molecule has 4 aliphatic rings. The highest BCUT2D eigenvalue weighted by Crippen LogP contribution is 2.43. The fourth-order valence-corrected chi connectivity index (χ4v) is 6.88. The highest BCUT2D eigenvalue weighted by atomic mass is 19.4. The molecular formula is C33H40F3N3O7. The second-order valence-corrected chi connectivity index (χ2v) is 12.5. The number of ether oxygens (including phenoxy) is 4. The lowest BCUT2D eigenvalue weighted by Crippen LogP contribution is -2.50. The molecule has 5 atom stereocenters. The van der Waals surface area contributed by atoms with Crippen molar-refractivity contribution in [3.05, 3.63) is 65.2 Å². The van der Waals surface area contributed by atoms with Crippen LogP contribution in [-0.4, -0.2) is 90.2 Å². The van der Waals surface area contributed by atoms with Crippen molar-refractivity contribution in [1.82, 2.24) is 9.80 Å². The fraction of sp³-hybridized carbons (Fsp3) is 0.576. The molecule has 46 heavy (non-hydrogen) atoms. The van der Waals surface area contributed by atoms with E-state index in [2.05, 4.69) is 17.1 Å². The number of halogens is 3. The van der Waals surface area contributed by atoms with Crippen molar-refractivity contribution in [2.45, 2.75) is 75.7 Å². The second kappa shape index (κ2) is 13.6. The zero-order valence-corrected chi connectivity index (χ0v) is 25.7. The van der Waals surface area contributed by atoms with E-state index in [-0.39, 0.29) is 37.7 Å². The molecule has 250 valence electrons. The van der Waals surface area contributed by atoms with Gasteiger partial charge in [-0.15, -0.1) is 0 Å². The molecule has 1 spiro atoms. The van der Waals surface area contributed by atoms with Crippen LogP contribution in [0.5, 0.6) is 0 Å². The van der Waals surface area contributed by atoms with Gasteiger partial charge in [0.2, 0.25) is 5.91 Å². The van der Waals surface area contributed by atoms with Gasteiger partial charge < -0.3 is 39.2 Å². The van der Waals surface area contributed by atoms with Crippen molar-refractivity contribution >= 4 is 17.5 Å². The maximum Gasteiger partial charge on any atom is 0.471 e. The number of aliphatic hydroxyl groups is 1. The molecule has 0 aromatic heterocycles. The Hall–Kier alpha value is -3.07. The summed E-state index contributed by atoms with van der Waals surface area (Å²) in [6.07, 6.45) is -4.41. The number of carbonyl (C=O) groups is 2. The van der Waals surface area contributed by atoms with Crippen LogP contribution in [0.4, 0.5) is 18.9 Å². The number of piperidine rings is 1. The quantitative estimate of drug-likeness (QED) is 0.458. The van der Waals surface area contributed by atoms with Gasteiger partial charge in [-0.25, -0.2) is 0 Å². The third-order valence-electron chi connectivity index (χ3n) is 9.48. The summed E-state index contributed by atoms with van der Waals surface area (Å²) in [5.41, 5.74) is 2.72. The number of hydrogen-bond acceptors (Lipinski definition) is 8. The number of nitrogens with one attached hydrogen (secondary N) is 1. The van der Waals surface area contributed by atoms with Crippen molar-refractivity contribution in [3.8, 4) is 0 Å². The van der Waals surface area contributed by atoms with Crippen LogP contribution >= 0.6 is 0 Å². The Labute approximate surface area is 265 Å². The van der Waals surface area contributed by atoms with Gasteiger partial charge in [0, 0.05) is 56.2 Å². The number of benzene rings is 2. The number of likely N-dealkylation sites (tertiary alicyclic amines) is 2. The van der Waals surface area contributed by atoms with Crippen LogP contribution in [0.15, 0.2) is 48.5 Å². The molecule has 0 radical (unpaired) electrons. The molecule has 2 N–H and O–H groups in total. The topological polar surface area (TPSA) is 110 Å². The zero-order chi connectivity index (χ0) is 32.5. The number of amides is 2. The third-order valence-corrected chi connectivity index (χ3v) is 9.48. The summed E-state index contributed by atoms with van der Waals surface area (Å²) in [6, 6.07) is 13.3. The molecule has 2 aromatic rings. The Kier molecular flexibility index (Phi) is 9.70. The van der Waals surface area contributed by atoms with Crippen LogP contribution in [0, 0.1) is 5.92 Å². The summed E-state index contributed by atoms with van der Waals surface area (Å²) in [5.74, 6) is -3.20. The monoisotopic (exact) mass is 647 g/mol. The molecule has 4 aliphatic heterocycles. The average Bonchev–Trinajstić information content (AvgIpc) is 3.73. The molecule has 4 saturated heterocycles. The van der Waals surface area contributed by atoms with Crippen LogP contribution < -0.4 is 5.32 Å². The maximum absolute atomic E-state index is 13.1. The maximum atomic E-state index is 13.1. The zero-order valence-electron chi connectivity index (χ0n) is 25.7. The highest BCUT2D eigenvalue weighted by molar-refractivity contribution is 5.98. The van der Waals surface area contributed by atoms with E-state index in [9.17, 15) is 27.9 Å². The van der Waals surface area contributed by atoms with Crippen LogP contribution in [0.3, 0.4) is 0 Å². The summed E-state index contributed by atoms with van der Waals surface area (Å²) in [5, 5.41) is 12.2. The van der Waals surface area contributed by atoms with Gasteiger partial charge in [0.1, 0.15) is 6.04 Å². The molecule has 2 aromatic carbocycles. The Morgan fingerprint density at radius 1 is 1.00 bits per heavy atom. The molecule has 6 rings (SSSR count). The van der Waals surface area contributed by atoms with Crippen LogP contribution in [0.25, 0.3) is 0 Å². The molecule has 0 aliphatic carbocycles. The molecule has 0 bridgehead atoms. The van der Waals surface area contributed by atoms with E-state index >= 15 is 0 Å². The van der Waals surface area contributed by atoms with Gasteiger partial charge in [0.25, 0.3) is 0 Å². The number of anilines is 1. The minimum absolute atomic E-state index is 0.0338. The van der Waals surface area contributed by atoms with E-state index in [4.69, 9.17) is 18.9 Å². The average molecular weight is 648 g/mol. The van der Waals surface area contributed by atoms with Crippen LogP contribution in [0.2, 0.25) is 0 Å². The van der Waals surface area contributed by atoms with E-state index in [0.717, 1.165) is 37.1 Å². The number of rotatable bonds is 7. The first-order valence-electron chi connectivity index (χ1n) is 15.8. The van der Waals surface area contributed by atoms with E-state index in [1.165, 1.54) is 0 Å². The summed E-state index contributed by atoms with van der Waals surface area (Å²) in [6.45, 7) is 5.37. The fourth-order valence-electron chi connectivity index (χ4n) is 6.88. The van der Waals surface area contributed by atoms with Crippen LogP contribution in [0.1, 0.15) is 61.7 Å². The number of carbonyl (C=O) groups excluding carboxylic acids is 2. The third kappa shape index (κ3) is 7.09. The van der Waals surface area contributed by atoms with Crippen LogP contribution in [-0.2, 0) is 35.1 Å². The minimum atomic E-state index is -5.05. The van der Waals surface area contributed by atoms with Crippen molar-refractivity contribution in [1.29, 1.82) is 0 Å². The smallest absolute Gasteiger partial charge is 0.392 e.